The fraction of sp³-hybridized carbons (Fsp3) is 0.318. The Kier molecular flexibility index (Phi) is 6.40. The second kappa shape index (κ2) is 8.59. The van der Waals surface area contributed by atoms with Crippen molar-refractivity contribution in [1.29, 1.82) is 0 Å². The van der Waals surface area contributed by atoms with Crippen LogP contribution in [0.4, 0.5) is 5.82 Å². The van der Waals surface area contributed by atoms with E-state index in [1.165, 1.54) is 22.1 Å². The van der Waals surface area contributed by atoms with Crippen LogP contribution in [0.1, 0.15) is 16.7 Å². The van der Waals surface area contributed by atoms with Gasteiger partial charge in [0.15, 0.2) is 0 Å². The Balaban J connectivity index is 0.00000210. The predicted molar refractivity (Wildman–Crippen MR) is 120 cm³/mol. The molecule has 0 aliphatic carbocycles. The first-order valence-corrected chi connectivity index (χ1v) is 9.56. The Morgan fingerprint density at radius 1 is 0.926 bits per heavy atom. The summed E-state index contributed by atoms with van der Waals surface area (Å²) in [5, 5.41) is 2.05. The van der Waals surface area contributed by atoms with E-state index in [-0.39, 0.29) is 17.0 Å². The molecule has 27 heavy (non-hydrogen) atoms. The van der Waals surface area contributed by atoms with Gasteiger partial charge < -0.3 is 4.90 Å². The second-order valence-corrected chi connectivity index (χ2v) is 7.64. The number of benzene rings is 2. The molecule has 1 saturated heterocycles. The summed E-state index contributed by atoms with van der Waals surface area (Å²) >= 11 is 5.98. The highest BCUT2D eigenvalue weighted by molar-refractivity contribution is 8.93. The molecule has 3 nitrogen and oxygen atoms in total. The van der Waals surface area contributed by atoms with Crippen LogP contribution in [-0.2, 0) is 6.54 Å². The lowest BCUT2D eigenvalue weighted by atomic mass is 10.1. The summed E-state index contributed by atoms with van der Waals surface area (Å²) in [6, 6.07) is 16.9. The van der Waals surface area contributed by atoms with Gasteiger partial charge in [-0.25, -0.2) is 4.98 Å². The summed E-state index contributed by atoms with van der Waals surface area (Å²) in [5.41, 5.74) is 4.98. The zero-order valence-corrected chi connectivity index (χ0v) is 18.3. The fourth-order valence-electron chi connectivity index (χ4n) is 3.64. The summed E-state index contributed by atoms with van der Waals surface area (Å²) in [6.07, 6.45) is 0. The number of pyridine rings is 1. The van der Waals surface area contributed by atoms with Crippen LogP contribution in [0.3, 0.4) is 0 Å². The third kappa shape index (κ3) is 4.63. The number of anilines is 1. The van der Waals surface area contributed by atoms with Crippen LogP contribution in [0.25, 0.3) is 10.9 Å². The minimum Gasteiger partial charge on any atom is -0.354 e. The van der Waals surface area contributed by atoms with Crippen LogP contribution in [0.2, 0.25) is 5.02 Å². The van der Waals surface area contributed by atoms with Crippen LogP contribution in [-0.4, -0.2) is 36.1 Å². The number of aromatic nitrogens is 1. The standard InChI is InChI=1S/C22H24ClN3.BrH/c1-16-3-8-20-17(2)14-22(24-21(20)13-16)26-11-9-25(10-12-26)15-18-4-6-19(23)7-5-18;/h3-8,13-14H,9-12,15H2,1-2H3;1H. The lowest BCUT2D eigenvalue weighted by molar-refractivity contribution is 0.249. The van der Waals surface area contributed by atoms with Gasteiger partial charge in [-0.05, 0) is 54.8 Å². The first-order chi connectivity index (χ1) is 12.6. The van der Waals surface area contributed by atoms with Gasteiger partial charge in [0, 0.05) is 43.1 Å². The van der Waals surface area contributed by atoms with Crippen LogP contribution < -0.4 is 4.90 Å². The van der Waals surface area contributed by atoms with Gasteiger partial charge in [-0.3, -0.25) is 4.90 Å². The van der Waals surface area contributed by atoms with Gasteiger partial charge >= 0.3 is 0 Å². The third-order valence-electron chi connectivity index (χ3n) is 5.17. The number of rotatable bonds is 3. The number of nitrogens with zero attached hydrogens (tertiary/aromatic N) is 3. The van der Waals surface area contributed by atoms with Gasteiger partial charge in [-0.15, -0.1) is 17.0 Å². The normalized spacial score (nSPS) is 15.0. The maximum Gasteiger partial charge on any atom is 0.129 e. The minimum atomic E-state index is 0. The number of hydrogen-bond acceptors (Lipinski definition) is 3. The number of piperazine rings is 1. The number of aryl methyl sites for hydroxylation is 2. The molecule has 0 saturated carbocycles. The van der Waals surface area contributed by atoms with Gasteiger partial charge in [-0.1, -0.05) is 35.9 Å². The predicted octanol–water partition coefficient (Wildman–Crippen LogP) is 5.41. The number of hydrogen-bond donors (Lipinski definition) is 0. The van der Waals surface area contributed by atoms with Crippen LogP contribution in [0.5, 0.6) is 0 Å². The molecule has 142 valence electrons. The summed E-state index contributed by atoms with van der Waals surface area (Å²) < 4.78 is 0. The fourth-order valence-corrected chi connectivity index (χ4v) is 3.77. The molecule has 4 rings (SSSR count). The summed E-state index contributed by atoms with van der Waals surface area (Å²) in [4.78, 5) is 9.84. The van der Waals surface area contributed by atoms with E-state index in [9.17, 15) is 0 Å². The molecule has 1 fully saturated rings. The molecular formula is C22H25BrClN3. The average Bonchev–Trinajstić information content (AvgIpc) is 2.64. The van der Waals surface area contributed by atoms with E-state index in [0.29, 0.717) is 0 Å². The third-order valence-corrected chi connectivity index (χ3v) is 5.43. The first-order valence-electron chi connectivity index (χ1n) is 9.18. The van der Waals surface area contributed by atoms with Crippen LogP contribution in [0, 0.1) is 13.8 Å². The Morgan fingerprint density at radius 3 is 2.33 bits per heavy atom. The van der Waals surface area contributed by atoms with Crippen molar-refractivity contribution >= 4 is 45.3 Å². The van der Waals surface area contributed by atoms with Crippen molar-refractivity contribution in [3.8, 4) is 0 Å². The highest BCUT2D eigenvalue weighted by Gasteiger charge is 2.19. The second-order valence-electron chi connectivity index (χ2n) is 7.21. The van der Waals surface area contributed by atoms with Crippen molar-refractivity contribution in [1.82, 2.24) is 9.88 Å². The van der Waals surface area contributed by atoms with E-state index in [1.54, 1.807) is 0 Å². The molecule has 0 spiro atoms. The number of fused-ring (bicyclic) bond motifs is 1. The summed E-state index contributed by atoms with van der Waals surface area (Å²) in [5.74, 6) is 1.10. The van der Waals surface area contributed by atoms with E-state index in [4.69, 9.17) is 16.6 Å². The van der Waals surface area contributed by atoms with Gasteiger partial charge in [0.2, 0.25) is 0 Å². The Hall–Kier alpha value is -1.62. The van der Waals surface area contributed by atoms with E-state index >= 15 is 0 Å². The van der Waals surface area contributed by atoms with E-state index in [2.05, 4.69) is 60.0 Å². The molecule has 0 bridgehead atoms. The molecule has 1 aliphatic heterocycles. The van der Waals surface area contributed by atoms with E-state index < -0.39 is 0 Å². The quantitative estimate of drug-likeness (QED) is 0.536. The molecule has 0 radical (unpaired) electrons. The Bertz CT molecular complexity index is 919. The maximum absolute atomic E-state index is 5.98. The highest BCUT2D eigenvalue weighted by atomic mass is 79.9. The van der Waals surface area contributed by atoms with Crippen LogP contribution >= 0.6 is 28.6 Å². The Morgan fingerprint density at radius 2 is 1.63 bits per heavy atom. The lowest BCUT2D eigenvalue weighted by Gasteiger charge is -2.35. The molecule has 2 aromatic carbocycles. The summed E-state index contributed by atoms with van der Waals surface area (Å²) in [6.45, 7) is 9.41. The lowest BCUT2D eigenvalue weighted by Crippen LogP contribution is -2.46. The molecule has 1 aliphatic rings. The smallest absolute Gasteiger partial charge is 0.129 e. The number of halogens is 2. The minimum absolute atomic E-state index is 0. The van der Waals surface area contributed by atoms with Crippen molar-refractivity contribution in [2.45, 2.75) is 20.4 Å². The molecule has 0 atom stereocenters. The highest BCUT2D eigenvalue weighted by Crippen LogP contribution is 2.24. The molecule has 2 heterocycles. The zero-order chi connectivity index (χ0) is 18.1. The van der Waals surface area contributed by atoms with Crippen molar-refractivity contribution in [3.63, 3.8) is 0 Å². The van der Waals surface area contributed by atoms with E-state index in [1.807, 2.05) is 12.1 Å². The SMILES string of the molecule is Br.Cc1ccc2c(C)cc(N3CCN(Cc4ccc(Cl)cc4)CC3)nc2c1. The first kappa shape index (κ1) is 20.1. The molecule has 3 aromatic rings. The molecular weight excluding hydrogens is 422 g/mol. The molecule has 1 aromatic heterocycles. The molecule has 0 amide bonds. The van der Waals surface area contributed by atoms with Crippen molar-refractivity contribution in [2.24, 2.45) is 0 Å². The zero-order valence-electron chi connectivity index (χ0n) is 15.8. The van der Waals surface area contributed by atoms with Gasteiger partial charge in [0.1, 0.15) is 5.82 Å². The van der Waals surface area contributed by atoms with E-state index in [0.717, 1.165) is 49.1 Å². The maximum atomic E-state index is 5.98. The van der Waals surface area contributed by atoms with Gasteiger partial charge in [-0.2, -0.15) is 0 Å². The van der Waals surface area contributed by atoms with Crippen molar-refractivity contribution in [3.05, 3.63) is 70.2 Å². The van der Waals surface area contributed by atoms with Crippen molar-refractivity contribution < 1.29 is 0 Å². The molecule has 0 N–H and O–H groups in total. The van der Waals surface area contributed by atoms with Crippen molar-refractivity contribution in [2.75, 3.05) is 31.1 Å². The average molecular weight is 447 g/mol. The molecule has 0 unspecified atom stereocenters. The monoisotopic (exact) mass is 445 g/mol. The largest absolute Gasteiger partial charge is 0.354 e. The van der Waals surface area contributed by atoms with Gasteiger partial charge in [0.05, 0.1) is 5.52 Å². The van der Waals surface area contributed by atoms with Gasteiger partial charge in [0.25, 0.3) is 0 Å². The Labute approximate surface area is 176 Å². The van der Waals surface area contributed by atoms with Crippen LogP contribution in [0.15, 0.2) is 48.5 Å². The molecule has 5 heteroatoms. The topological polar surface area (TPSA) is 19.4 Å². The summed E-state index contributed by atoms with van der Waals surface area (Å²) in [7, 11) is 0.